The Morgan fingerprint density at radius 3 is 2.65 bits per heavy atom. The molecule has 0 aliphatic heterocycles. The lowest BCUT2D eigenvalue weighted by Crippen LogP contribution is -2.08. The van der Waals surface area contributed by atoms with Crippen LogP contribution in [-0.2, 0) is 0 Å². The van der Waals surface area contributed by atoms with Crippen molar-refractivity contribution in [1.82, 2.24) is 9.71 Å². The van der Waals surface area contributed by atoms with E-state index in [4.69, 9.17) is 0 Å². The van der Waals surface area contributed by atoms with Gasteiger partial charge in [-0.05, 0) is 36.8 Å². The first kappa shape index (κ1) is 12.5. The first-order valence-corrected chi connectivity index (χ1v) is 6.52. The molecule has 0 aliphatic carbocycles. The molecule has 1 aromatic heterocycles. The molecule has 102 valence electrons. The number of hydrogen-bond acceptors (Lipinski definition) is 3. The molecule has 1 N–H and O–H groups in total. The van der Waals surface area contributed by atoms with E-state index in [1.165, 1.54) is 0 Å². The highest BCUT2D eigenvalue weighted by Crippen LogP contribution is 2.26. The lowest BCUT2D eigenvalue weighted by atomic mass is 10.2. The van der Waals surface area contributed by atoms with Crippen LogP contribution in [0.5, 0.6) is 0 Å². The Bertz CT molecular complexity index is 774. The molecule has 0 spiro atoms. The van der Waals surface area contributed by atoms with Crippen molar-refractivity contribution in [1.29, 1.82) is 0 Å². The normalized spacial score (nSPS) is 10.9. The Balaban J connectivity index is 2.19. The van der Waals surface area contributed by atoms with Gasteiger partial charge in [0.1, 0.15) is 5.52 Å². The van der Waals surface area contributed by atoms with Gasteiger partial charge in [-0.3, -0.25) is 0 Å². The quantitative estimate of drug-likeness (QED) is 0.724. The molecule has 0 saturated carbocycles. The van der Waals surface area contributed by atoms with Gasteiger partial charge in [-0.1, -0.05) is 18.2 Å². The summed E-state index contributed by atoms with van der Waals surface area (Å²) in [6.45, 7) is 2.00. The van der Waals surface area contributed by atoms with Crippen molar-refractivity contribution >= 4 is 16.7 Å². The number of aromatic nitrogens is 2. The molecule has 0 unspecified atom stereocenters. The van der Waals surface area contributed by atoms with Crippen molar-refractivity contribution in [2.45, 2.75) is 6.92 Å². The van der Waals surface area contributed by atoms with Crippen LogP contribution >= 0.6 is 0 Å². The molecule has 20 heavy (non-hydrogen) atoms. The molecular weight excluding hydrogens is 250 g/mol. The molecule has 0 radical (unpaired) electrons. The summed E-state index contributed by atoms with van der Waals surface area (Å²) >= 11 is 0. The SMILES string of the molecule is Cc1ccc2nc(-c3cccc(N(C)C)c3)n(O)c2c1. The predicted molar refractivity (Wildman–Crippen MR) is 81.4 cm³/mol. The van der Waals surface area contributed by atoms with E-state index in [-0.39, 0.29) is 0 Å². The Morgan fingerprint density at radius 1 is 1.10 bits per heavy atom. The van der Waals surface area contributed by atoms with Crippen LogP contribution in [0.4, 0.5) is 5.69 Å². The van der Waals surface area contributed by atoms with Crippen LogP contribution in [0.2, 0.25) is 0 Å². The summed E-state index contributed by atoms with van der Waals surface area (Å²) in [7, 11) is 3.98. The van der Waals surface area contributed by atoms with Gasteiger partial charge >= 0.3 is 0 Å². The van der Waals surface area contributed by atoms with Crippen molar-refractivity contribution in [3.8, 4) is 11.4 Å². The van der Waals surface area contributed by atoms with Gasteiger partial charge in [-0.2, -0.15) is 4.73 Å². The number of aryl methyl sites for hydroxylation is 1. The van der Waals surface area contributed by atoms with Crippen LogP contribution < -0.4 is 4.90 Å². The first-order chi connectivity index (χ1) is 9.56. The van der Waals surface area contributed by atoms with Gasteiger partial charge < -0.3 is 10.1 Å². The summed E-state index contributed by atoms with van der Waals surface area (Å²) in [6.07, 6.45) is 0. The molecule has 3 rings (SSSR count). The van der Waals surface area contributed by atoms with Crippen LogP contribution in [0, 0.1) is 6.92 Å². The minimum Gasteiger partial charge on any atom is -0.426 e. The van der Waals surface area contributed by atoms with E-state index in [2.05, 4.69) is 4.98 Å². The Hall–Kier alpha value is -2.49. The third-order valence-corrected chi connectivity index (χ3v) is 3.41. The summed E-state index contributed by atoms with van der Waals surface area (Å²) in [6, 6.07) is 13.8. The lowest BCUT2D eigenvalue weighted by molar-refractivity contribution is 0.203. The Labute approximate surface area is 117 Å². The summed E-state index contributed by atoms with van der Waals surface area (Å²) in [4.78, 5) is 6.54. The number of nitrogens with zero attached hydrogens (tertiary/aromatic N) is 3. The van der Waals surface area contributed by atoms with Crippen molar-refractivity contribution < 1.29 is 5.21 Å². The van der Waals surface area contributed by atoms with Crippen molar-refractivity contribution in [3.63, 3.8) is 0 Å². The zero-order valence-corrected chi connectivity index (χ0v) is 11.8. The smallest absolute Gasteiger partial charge is 0.176 e. The molecule has 0 atom stereocenters. The van der Waals surface area contributed by atoms with Crippen LogP contribution in [0.25, 0.3) is 22.4 Å². The highest BCUT2D eigenvalue weighted by molar-refractivity contribution is 5.81. The van der Waals surface area contributed by atoms with Gasteiger partial charge in [-0.15, -0.1) is 0 Å². The lowest BCUT2D eigenvalue weighted by Gasteiger charge is -2.13. The number of benzene rings is 2. The van der Waals surface area contributed by atoms with E-state index in [1.807, 2.05) is 68.4 Å². The third-order valence-electron chi connectivity index (χ3n) is 3.41. The number of rotatable bonds is 2. The average molecular weight is 267 g/mol. The van der Waals surface area contributed by atoms with Crippen LogP contribution in [0.1, 0.15) is 5.56 Å². The molecule has 4 nitrogen and oxygen atoms in total. The minimum atomic E-state index is 0.564. The monoisotopic (exact) mass is 267 g/mol. The predicted octanol–water partition coefficient (Wildman–Crippen LogP) is 3.32. The Kier molecular flexibility index (Phi) is 2.86. The molecule has 2 aromatic carbocycles. The third kappa shape index (κ3) is 1.99. The highest BCUT2D eigenvalue weighted by atomic mass is 16.5. The van der Waals surface area contributed by atoms with Crippen molar-refractivity contribution in [2.75, 3.05) is 19.0 Å². The Morgan fingerprint density at radius 2 is 1.90 bits per heavy atom. The molecule has 0 fully saturated rings. The van der Waals surface area contributed by atoms with E-state index in [0.29, 0.717) is 5.82 Å². The van der Waals surface area contributed by atoms with Gasteiger partial charge in [0.2, 0.25) is 0 Å². The fourth-order valence-electron chi connectivity index (χ4n) is 2.28. The van der Waals surface area contributed by atoms with Crippen molar-refractivity contribution in [3.05, 3.63) is 48.0 Å². The van der Waals surface area contributed by atoms with Gasteiger partial charge in [0.25, 0.3) is 0 Å². The number of imidazole rings is 1. The zero-order chi connectivity index (χ0) is 14.3. The minimum absolute atomic E-state index is 0.564. The second-order valence-corrected chi connectivity index (χ2v) is 5.18. The summed E-state index contributed by atoms with van der Waals surface area (Å²) < 4.78 is 1.16. The number of hydrogen-bond donors (Lipinski definition) is 1. The van der Waals surface area contributed by atoms with Crippen LogP contribution in [0.15, 0.2) is 42.5 Å². The molecular formula is C16H17N3O. The van der Waals surface area contributed by atoms with E-state index in [1.54, 1.807) is 0 Å². The standard InChI is InChI=1S/C16H17N3O/c1-11-7-8-14-15(9-11)19(20)16(17-14)12-5-4-6-13(10-12)18(2)3/h4-10,20H,1-3H3. The molecule has 0 aliphatic rings. The van der Waals surface area contributed by atoms with E-state index >= 15 is 0 Å². The highest BCUT2D eigenvalue weighted by Gasteiger charge is 2.12. The summed E-state index contributed by atoms with van der Waals surface area (Å²) in [5.74, 6) is 0.564. The van der Waals surface area contributed by atoms with Crippen LogP contribution in [0.3, 0.4) is 0 Å². The fourth-order valence-corrected chi connectivity index (χ4v) is 2.28. The van der Waals surface area contributed by atoms with Gasteiger partial charge in [0, 0.05) is 25.3 Å². The molecule has 1 heterocycles. The maximum absolute atomic E-state index is 10.3. The van der Waals surface area contributed by atoms with Crippen LogP contribution in [-0.4, -0.2) is 29.0 Å². The topological polar surface area (TPSA) is 41.3 Å². The second kappa shape index (κ2) is 4.56. The van der Waals surface area contributed by atoms with Crippen molar-refractivity contribution in [2.24, 2.45) is 0 Å². The second-order valence-electron chi connectivity index (χ2n) is 5.18. The molecule has 0 saturated heterocycles. The number of fused-ring (bicyclic) bond motifs is 1. The zero-order valence-electron chi connectivity index (χ0n) is 11.8. The van der Waals surface area contributed by atoms with Gasteiger partial charge in [0.05, 0.1) is 5.52 Å². The van der Waals surface area contributed by atoms with Gasteiger partial charge in [-0.25, -0.2) is 4.98 Å². The summed E-state index contributed by atoms with van der Waals surface area (Å²) in [5.41, 5.74) is 4.60. The first-order valence-electron chi connectivity index (χ1n) is 6.52. The van der Waals surface area contributed by atoms with E-state index < -0.39 is 0 Å². The fraction of sp³-hybridized carbons (Fsp3) is 0.188. The van der Waals surface area contributed by atoms with E-state index in [9.17, 15) is 5.21 Å². The maximum atomic E-state index is 10.3. The molecule has 0 amide bonds. The van der Waals surface area contributed by atoms with Gasteiger partial charge in [0.15, 0.2) is 5.82 Å². The average Bonchev–Trinajstić information content (AvgIpc) is 2.76. The maximum Gasteiger partial charge on any atom is 0.176 e. The largest absolute Gasteiger partial charge is 0.426 e. The molecule has 0 bridgehead atoms. The van der Waals surface area contributed by atoms with E-state index in [0.717, 1.165) is 32.6 Å². The molecule has 3 aromatic rings. The summed E-state index contributed by atoms with van der Waals surface area (Å²) in [5, 5.41) is 10.3. The molecule has 4 heteroatoms. The number of anilines is 1.